The van der Waals surface area contributed by atoms with Crippen LogP contribution in [0.15, 0.2) is 23.1 Å². The second-order valence-corrected chi connectivity index (χ2v) is 6.95. The lowest BCUT2D eigenvalue weighted by molar-refractivity contribution is 0.0376. The van der Waals surface area contributed by atoms with Crippen molar-refractivity contribution in [1.29, 1.82) is 0 Å². The van der Waals surface area contributed by atoms with E-state index in [9.17, 15) is 12.8 Å². The van der Waals surface area contributed by atoms with Gasteiger partial charge in [-0.3, -0.25) is 4.90 Å². The van der Waals surface area contributed by atoms with Crippen LogP contribution >= 0.6 is 11.6 Å². The molecule has 0 bridgehead atoms. The summed E-state index contributed by atoms with van der Waals surface area (Å²) in [4.78, 5) is 1.83. The first kappa shape index (κ1) is 16.6. The average molecular weight is 337 g/mol. The van der Waals surface area contributed by atoms with Gasteiger partial charge in [-0.05, 0) is 31.2 Å². The highest BCUT2D eigenvalue weighted by Gasteiger charge is 2.19. The molecule has 0 atom stereocenters. The fraction of sp³-hybridized carbons (Fsp3) is 0.538. The molecule has 1 heterocycles. The lowest BCUT2D eigenvalue weighted by Gasteiger charge is -2.26. The second-order valence-electron chi connectivity index (χ2n) is 4.78. The summed E-state index contributed by atoms with van der Waals surface area (Å²) in [5, 5.41) is 0.166. The average Bonchev–Trinajstić information content (AvgIpc) is 2.44. The van der Waals surface area contributed by atoms with Crippen molar-refractivity contribution in [3.05, 3.63) is 29.0 Å². The minimum absolute atomic E-state index is 0.166. The fourth-order valence-electron chi connectivity index (χ4n) is 2.10. The van der Waals surface area contributed by atoms with Gasteiger partial charge < -0.3 is 4.74 Å². The van der Waals surface area contributed by atoms with Crippen LogP contribution in [0.25, 0.3) is 0 Å². The van der Waals surface area contributed by atoms with E-state index in [2.05, 4.69) is 9.62 Å². The number of halogens is 2. The van der Waals surface area contributed by atoms with Crippen LogP contribution in [0, 0.1) is 5.82 Å². The van der Waals surface area contributed by atoms with Gasteiger partial charge in [0.05, 0.1) is 13.2 Å². The first-order valence-corrected chi connectivity index (χ1v) is 8.60. The molecule has 0 radical (unpaired) electrons. The van der Waals surface area contributed by atoms with Crippen molar-refractivity contribution in [2.75, 3.05) is 39.4 Å². The number of nitrogens with one attached hydrogen (secondary N) is 1. The van der Waals surface area contributed by atoms with E-state index < -0.39 is 15.8 Å². The Morgan fingerprint density at radius 1 is 1.33 bits per heavy atom. The van der Waals surface area contributed by atoms with E-state index >= 15 is 0 Å². The molecule has 0 saturated carbocycles. The van der Waals surface area contributed by atoms with E-state index in [1.807, 2.05) is 0 Å². The zero-order chi connectivity index (χ0) is 15.3. The van der Waals surface area contributed by atoms with E-state index in [1.165, 1.54) is 12.1 Å². The van der Waals surface area contributed by atoms with E-state index in [-0.39, 0.29) is 16.5 Å². The predicted molar refractivity (Wildman–Crippen MR) is 78.5 cm³/mol. The number of hydrogen-bond donors (Lipinski definition) is 1. The van der Waals surface area contributed by atoms with Gasteiger partial charge in [0.2, 0.25) is 10.0 Å². The molecule has 1 aliphatic rings. The van der Waals surface area contributed by atoms with Gasteiger partial charge in [0.1, 0.15) is 10.7 Å². The Hall–Kier alpha value is -0.730. The van der Waals surface area contributed by atoms with Gasteiger partial charge in [-0.15, -0.1) is 0 Å². The summed E-state index contributed by atoms with van der Waals surface area (Å²) < 4.78 is 45.2. The first-order chi connectivity index (χ1) is 9.99. The van der Waals surface area contributed by atoms with Crippen LogP contribution < -0.4 is 4.72 Å². The van der Waals surface area contributed by atoms with Gasteiger partial charge in [-0.25, -0.2) is 17.5 Å². The highest BCUT2D eigenvalue weighted by atomic mass is 35.5. The zero-order valence-electron chi connectivity index (χ0n) is 11.5. The Morgan fingerprint density at radius 2 is 2.05 bits per heavy atom. The maximum atomic E-state index is 13.6. The molecule has 118 valence electrons. The molecule has 1 aromatic rings. The molecule has 1 saturated heterocycles. The minimum Gasteiger partial charge on any atom is -0.379 e. The van der Waals surface area contributed by atoms with E-state index in [4.69, 9.17) is 16.3 Å². The van der Waals surface area contributed by atoms with Gasteiger partial charge >= 0.3 is 0 Å². The number of nitrogens with zero attached hydrogens (tertiary/aromatic N) is 1. The van der Waals surface area contributed by atoms with Crippen molar-refractivity contribution in [2.45, 2.75) is 11.3 Å². The molecule has 1 fully saturated rings. The summed E-state index contributed by atoms with van der Waals surface area (Å²) in [5.74, 6) is -0.844. The van der Waals surface area contributed by atoms with Gasteiger partial charge in [0.15, 0.2) is 0 Å². The maximum Gasteiger partial charge on any atom is 0.243 e. The third kappa shape index (κ3) is 4.89. The lowest BCUT2D eigenvalue weighted by atomic mass is 10.3. The van der Waals surface area contributed by atoms with Crippen LogP contribution in [0.3, 0.4) is 0 Å². The quantitative estimate of drug-likeness (QED) is 0.799. The molecule has 0 spiro atoms. The van der Waals surface area contributed by atoms with E-state index in [1.54, 1.807) is 0 Å². The van der Waals surface area contributed by atoms with Crippen LogP contribution in [0.5, 0.6) is 0 Å². The Balaban J connectivity index is 1.83. The van der Waals surface area contributed by atoms with E-state index in [0.29, 0.717) is 19.6 Å². The fourth-order valence-corrected chi connectivity index (χ4v) is 3.40. The molecule has 1 aromatic carbocycles. The maximum absolute atomic E-state index is 13.6. The molecule has 5 nitrogen and oxygen atoms in total. The molecule has 21 heavy (non-hydrogen) atoms. The summed E-state index contributed by atoms with van der Waals surface area (Å²) in [6.07, 6.45) is 0.661. The molecule has 0 aliphatic carbocycles. The van der Waals surface area contributed by atoms with Gasteiger partial charge in [0.25, 0.3) is 0 Å². The third-order valence-corrected chi connectivity index (χ3v) is 4.96. The van der Waals surface area contributed by atoms with E-state index in [0.717, 1.165) is 25.7 Å². The lowest BCUT2D eigenvalue weighted by Crippen LogP contribution is -2.38. The largest absolute Gasteiger partial charge is 0.379 e. The monoisotopic (exact) mass is 336 g/mol. The third-order valence-electron chi connectivity index (χ3n) is 3.23. The van der Waals surface area contributed by atoms with Crippen LogP contribution in [0.1, 0.15) is 6.42 Å². The normalized spacial score (nSPS) is 17.0. The van der Waals surface area contributed by atoms with Crippen molar-refractivity contribution < 1.29 is 17.5 Å². The number of hydrogen-bond acceptors (Lipinski definition) is 4. The number of benzene rings is 1. The zero-order valence-corrected chi connectivity index (χ0v) is 13.1. The molecule has 0 aromatic heterocycles. The SMILES string of the molecule is O=S(=O)(NCCCN1CCOCC1)c1ccc(Cl)cc1F. The Bertz CT molecular complexity index is 577. The van der Waals surface area contributed by atoms with Crippen LogP contribution in [-0.2, 0) is 14.8 Å². The topological polar surface area (TPSA) is 58.6 Å². The smallest absolute Gasteiger partial charge is 0.243 e. The summed E-state index contributed by atoms with van der Waals surface area (Å²) in [6.45, 7) is 4.19. The summed E-state index contributed by atoms with van der Waals surface area (Å²) in [6, 6.07) is 3.51. The Morgan fingerprint density at radius 3 is 2.71 bits per heavy atom. The molecular weight excluding hydrogens is 319 g/mol. The summed E-state index contributed by atoms with van der Waals surface area (Å²) in [7, 11) is -3.84. The van der Waals surface area contributed by atoms with Crippen molar-refractivity contribution in [3.63, 3.8) is 0 Å². The van der Waals surface area contributed by atoms with Crippen LogP contribution in [-0.4, -0.2) is 52.7 Å². The molecule has 8 heteroatoms. The van der Waals surface area contributed by atoms with Crippen molar-refractivity contribution >= 4 is 21.6 Å². The van der Waals surface area contributed by atoms with Gasteiger partial charge in [-0.1, -0.05) is 11.6 Å². The molecular formula is C13H18ClFN2O3S. The molecule has 2 rings (SSSR count). The Kier molecular flexibility index (Phi) is 5.95. The van der Waals surface area contributed by atoms with Crippen molar-refractivity contribution in [1.82, 2.24) is 9.62 Å². The minimum atomic E-state index is -3.84. The van der Waals surface area contributed by atoms with Gasteiger partial charge in [-0.2, -0.15) is 0 Å². The highest BCUT2D eigenvalue weighted by Crippen LogP contribution is 2.18. The summed E-state index contributed by atoms with van der Waals surface area (Å²) >= 11 is 5.61. The second kappa shape index (κ2) is 7.51. The summed E-state index contributed by atoms with van der Waals surface area (Å²) in [5.41, 5.74) is 0. The molecule has 0 amide bonds. The van der Waals surface area contributed by atoms with Crippen molar-refractivity contribution in [3.8, 4) is 0 Å². The molecule has 1 aliphatic heterocycles. The molecule has 0 unspecified atom stereocenters. The predicted octanol–water partition coefficient (Wildman–Crippen LogP) is 1.48. The van der Waals surface area contributed by atoms with Crippen LogP contribution in [0.2, 0.25) is 5.02 Å². The standard InChI is InChI=1S/C13H18ClFN2O3S/c14-11-2-3-13(12(15)10-11)21(18,19)16-4-1-5-17-6-8-20-9-7-17/h2-3,10,16H,1,4-9H2. The molecule has 1 N–H and O–H groups in total. The number of rotatable bonds is 6. The van der Waals surface area contributed by atoms with Crippen molar-refractivity contribution in [2.24, 2.45) is 0 Å². The number of sulfonamides is 1. The highest BCUT2D eigenvalue weighted by molar-refractivity contribution is 7.89. The number of ether oxygens (including phenoxy) is 1. The van der Waals surface area contributed by atoms with Gasteiger partial charge in [0, 0.05) is 24.7 Å². The van der Waals surface area contributed by atoms with Crippen LogP contribution in [0.4, 0.5) is 4.39 Å². The first-order valence-electron chi connectivity index (χ1n) is 6.74. The number of morpholine rings is 1. The Labute approximate surface area is 129 Å².